The van der Waals surface area contributed by atoms with E-state index in [9.17, 15) is 9.90 Å². The van der Waals surface area contributed by atoms with Crippen molar-refractivity contribution in [3.05, 3.63) is 143 Å². The average molecular weight is 903 g/mol. The molecule has 0 unspecified atom stereocenters. The third kappa shape index (κ3) is 8.28. The Kier molecular flexibility index (Phi) is 13.1. The van der Waals surface area contributed by atoms with Crippen molar-refractivity contribution < 1.29 is 38.6 Å². The summed E-state index contributed by atoms with van der Waals surface area (Å²) in [6.07, 6.45) is 9.56. The number of nitrogens with zero attached hydrogens (tertiary/aromatic N) is 3. The molecule has 0 saturated carbocycles. The number of carbonyl (C=O) groups is 5. The molecule has 0 aromatic heterocycles. The maximum absolute atomic E-state index is 16.7. The number of imide groups is 1. The molecule has 3 fully saturated rings. The standard InChI is InChI=1S/C55H58N4O8/c1-35(2)45(51(62)66-3)56-54(65)58-43-31-26-37(25-24-36-18-10-7-11-19-36)34-42(43)55(53(58)64)44(50(61)57-32-16-5-4-6-17-33-57)47-52(63)67-48(39-22-14-9-15-23-39)46(38-20-12-8-13-21-38)59(47)49(55)40-27-29-41(60)30-28-40/h8-9,12-15,18,20-23,26-31,34-35,44-49,60H,4-7,10-11,16-17,19,32-33H2,1-3H3,(H,56,65)/t44-,45-,46-,47-,48+,49+,55-/m0/s1. The van der Waals surface area contributed by atoms with Gasteiger partial charge in [0.25, 0.3) is 0 Å². The first-order valence-corrected chi connectivity index (χ1v) is 23.8. The number of esters is 2. The molecule has 12 nitrogen and oxygen atoms in total. The molecule has 4 aromatic carbocycles. The molecule has 1 spiro atoms. The van der Waals surface area contributed by atoms with E-state index in [4.69, 9.17) is 9.47 Å². The predicted octanol–water partition coefficient (Wildman–Crippen LogP) is 8.61. The van der Waals surface area contributed by atoms with Crippen LogP contribution in [0.15, 0.2) is 115 Å². The Morgan fingerprint density at radius 3 is 2.10 bits per heavy atom. The number of anilines is 1. The van der Waals surface area contributed by atoms with Gasteiger partial charge in [0.1, 0.15) is 29.4 Å². The number of nitrogens with one attached hydrogen (secondary N) is 1. The molecular formula is C55H58N4O8. The summed E-state index contributed by atoms with van der Waals surface area (Å²) in [6, 6.07) is 25.7. The summed E-state index contributed by atoms with van der Waals surface area (Å²) in [4.78, 5) is 81.4. The molecule has 4 aliphatic heterocycles. The number of morpholine rings is 1. The summed E-state index contributed by atoms with van der Waals surface area (Å²) in [6.45, 7) is 4.38. The summed E-state index contributed by atoms with van der Waals surface area (Å²) in [5.41, 5.74) is 2.19. The van der Waals surface area contributed by atoms with E-state index in [0.29, 0.717) is 29.8 Å². The van der Waals surface area contributed by atoms with Gasteiger partial charge in [-0.3, -0.25) is 19.3 Å². The number of cyclic esters (lactones) is 1. The van der Waals surface area contributed by atoms with E-state index in [1.165, 1.54) is 19.2 Å². The second-order valence-electron chi connectivity index (χ2n) is 18.7. The topological polar surface area (TPSA) is 146 Å². The van der Waals surface area contributed by atoms with Gasteiger partial charge in [0, 0.05) is 18.7 Å². The maximum atomic E-state index is 16.7. The van der Waals surface area contributed by atoms with E-state index in [0.717, 1.165) is 79.4 Å². The van der Waals surface area contributed by atoms with Gasteiger partial charge in [-0.15, -0.1) is 0 Å². The Morgan fingerprint density at radius 1 is 0.791 bits per heavy atom. The largest absolute Gasteiger partial charge is 0.508 e. The van der Waals surface area contributed by atoms with Gasteiger partial charge < -0.3 is 24.8 Å². The molecule has 7 atom stereocenters. The number of methoxy groups -OCH3 is 1. The SMILES string of the molecule is COC(=O)[C@@H](NC(=O)N1C(=O)[C@@]2(c3cc(C#CC4=CCCCC4)ccc31)[C@H](C(=O)N1CCCCCCC1)[C@H]1C(=O)O[C@H](c3ccccc3)[C@H](c3ccccc3)N1[C@@H]2c1ccc(O)cc1)C(C)C. The Hall–Kier alpha value is -6.71. The highest BCUT2D eigenvalue weighted by atomic mass is 16.6. The van der Waals surface area contributed by atoms with E-state index in [1.54, 1.807) is 43.0 Å². The van der Waals surface area contributed by atoms with Crippen LogP contribution < -0.4 is 10.2 Å². The molecule has 1 aliphatic carbocycles. The number of amides is 4. The van der Waals surface area contributed by atoms with Crippen molar-refractivity contribution >= 4 is 35.5 Å². The zero-order valence-corrected chi connectivity index (χ0v) is 38.4. The molecule has 346 valence electrons. The lowest BCUT2D eigenvalue weighted by atomic mass is 9.64. The van der Waals surface area contributed by atoms with Crippen LogP contribution in [0.2, 0.25) is 0 Å². The number of phenols is 1. The Bertz CT molecular complexity index is 2610. The van der Waals surface area contributed by atoms with Crippen LogP contribution in [-0.2, 0) is 34.1 Å². The zero-order chi connectivity index (χ0) is 46.8. The summed E-state index contributed by atoms with van der Waals surface area (Å²) in [5.74, 6) is 2.38. The number of likely N-dealkylation sites (tertiary alicyclic amines) is 1. The number of carbonyl (C=O) groups excluding carboxylic acids is 5. The van der Waals surface area contributed by atoms with Crippen molar-refractivity contribution in [1.82, 2.24) is 15.1 Å². The number of ether oxygens (including phenoxy) is 2. The van der Waals surface area contributed by atoms with Gasteiger partial charge in [-0.1, -0.05) is 124 Å². The van der Waals surface area contributed by atoms with Crippen LogP contribution in [0, 0.1) is 23.7 Å². The number of phenolic OH excluding ortho intramolecular Hbond substituents is 1. The number of aromatic hydroxyl groups is 1. The molecular weight excluding hydrogens is 845 g/mol. The summed E-state index contributed by atoms with van der Waals surface area (Å²) >= 11 is 0. The lowest BCUT2D eigenvalue weighted by Crippen LogP contribution is -2.58. The monoisotopic (exact) mass is 902 g/mol. The number of fused-ring (bicyclic) bond motifs is 3. The fourth-order valence-electron chi connectivity index (χ4n) is 11.2. The molecule has 67 heavy (non-hydrogen) atoms. The highest BCUT2D eigenvalue weighted by molar-refractivity contribution is 6.25. The first kappa shape index (κ1) is 45.4. The smallest absolute Gasteiger partial charge is 0.329 e. The molecule has 0 bridgehead atoms. The number of hydrogen-bond donors (Lipinski definition) is 2. The van der Waals surface area contributed by atoms with Crippen LogP contribution in [0.4, 0.5) is 10.5 Å². The van der Waals surface area contributed by atoms with Crippen LogP contribution in [0.25, 0.3) is 0 Å². The highest BCUT2D eigenvalue weighted by Gasteiger charge is 2.76. The summed E-state index contributed by atoms with van der Waals surface area (Å²) < 4.78 is 11.8. The van der Waals surface area contributed by atoms with Gasteiger partial charge in [-0.25, -0.2) is 14.5 Å². The summed E-state index contributed by atoms with van der Waals surface area (Å²) in [7, 11) is 1.24. The lowest BCUT2D eigenvalue weighted by Gasteiger charge is -2.46. The van der Waals surface area contributed by atoms with Gasteiger partial charge in [-0.05, 0) is 103 Å². The number of urea groups is 1. The minimum Gasteiger partial charge on any atom is -0.508 e. The Balaban J connectivity index is 1.35. The molecule has 0 radical (unpaired) electrons. The van der Waals surface area contributed by atoms with Gasteiger partial charge >= 0.3 is 18.0 Å². The van der Waals surface area contributed by atoms with Crippen molar-refractivity contribution in [2.75, 3.05) is 25.1 Å². The molecule has 4 amide bonds. The Morgan fingerprint density at radius 2 is 1.46 bits per heavy atom. The maximum Gasteiger partial charge on any atom is 0.329 e. The lowest BCUT2D eigenvalue weighted by molar-refractivity contribution is -0.179. The molecule has 4 heterocycles. The number of hydrogen-bond acceptors (Lipinski definition) is 9. The van der Waals surface area contributed by atoms with Crippen LogP contribution in [-0.4, -0.2) is 77.0 Å². The predicted molar refractivity (Wildman–Crippen MR) is 252 cm³/mol. The van der Waals surface area contributed by atoms with E-state index in [-0.39, 0.29) is 17.3 Å². The van der Waals surface area contributed by atoms with Crippen LogP contribution >= 0.6 is 0 Å². The van der Waals surface area contributed by atoms with Crippen LogP contribution in [0.5, 0.6) is 5.75 Å². The summed E-state index contributed by atoms with van der Waals surface area (Å²) in [5, 5.41) is 13.6. The molecule has 4 aromatic rings. The Labute approximate surface area is 392 Å². The first-order valence-electron chi connectivity index (χ1n) is 23.8. The third-order valence-electron chi connectivity index (χ3n) is 14.4. The minimum absolute atomic E-state index is 0.0169. The molecule has 5 aliphatic rings. The van der Waals surface area contributed by atoms with Crippen molar-refractivity contribution in [1.29, 1.82) is 0 Å². The quantitative estimate of drug-likeness (QED) is 0.138. The van der Waals surface area contributed by atoms with Gasteiger partial charge in [0.15, 0.2) is 0 Å². The fraction of sp³-hybridized carbons (Fsp3) is 0.400. The van der Waals surface area contributed by atoms with Crippen molar-refractivity contribution in [3.63, 3.8) is 0 Å². The molecule has 2 N–H and O–H groups in total. The molecule has 3 saturated heterocycles. The first-order chi connectivity index (χ1) is 32.5. The number of allylic oxidation sites excluding steroid dienone is 2. The number of rotatable bonds is 7. The fourth-order valence-corrected chi connectivity index (χ4v) is 11.2. The van der Waals surface area contributed by atoms with E-state index >= 15 is 19.2 Å². The normalized spacial score (nSPS) is 25.4. The number of benzene rings is 4. The third-order valence-corrected chi connectivity index (χ3v) is 14.4. The highest BCUT2D eigenvalue weighted by Crippen LogP contribution is 2.66. The van der Waals surface area contributed by atoms with Crippen molar-refractivity contribution in [3.8, 4) is 17.6 Å². The van der Waals surface area contributed by atoms with E-state index < -0.39 is 71.4 Å². The minimum atomic E-state index is -1.98. The average Bonchev–Trinajstić information content (AvgIpc) is 3.79. The molecule has 9 rings (SSSR count). The van der Waals surface area contributed by atoms with Crippen molar-refractivity contribution in [2.24, 2.45) is 11.8 Å². The van der Waals surface area contributed by atoms with Gasteiger partial charge in [0.05, 0.1) is 30.8 Å². The van der Waals surface area contributed by atoms with Crippen molar-refractivity contribution in [2.45, 2.75) is 107 Å². The van der Waals surface area contributed by atoms with Gasteiger partial charge in [0.2, 0.25) is 11.8 Å². The van der Waals surface area contributed by atoms with E-state index in [2.05, 4.69) is 23.2 Å². The van der Waals surface area contributed by atoms with Crippen LogP contribution in [0.3, 0.4) is 0 Å². The van der Waals surface area contributed by atoms with Gasteiger partial charge in [-0.2, -0.15) is 0 Å². The molecule has 12 heteroatoms. The van der Waals surface area contributed by atoms with E-state index in [1.807, 2.05) is 71.6 Å². The second-order valence-corrected chi connectivity index (χ2v) is 18.7. The van der Waals surface area contributed by atoms with Crippen LogP contribution in [0.1, 0.15) is 118 Å². The second kappa shape index (κ2) is 19.3. The zero-order valence-electron chi connectivity index (χ0n) is 38.4.